The van der Waals surface area contributed by atoms with E-state index in [0.717, 1.165) is 4.90 Å². The molecule has 25 heavy (non-hydrogen) atoms. The molecular formula is C18H16ClN3O3. The van der Waals surface area contributed by atoms with Crippen molar-refractivity contribution in [2.45, 2.75) is 12.5 Å². The summed E-state index contributed by atoms with van der Waals surface area (Å²) in [6, 6.07) is 14.9. The Bertz CT molecular complexity index is 840. The SMILES string of the molecule is C[C@]1(c2ccccc2)NC(=O)N(CC(=O)Nc2cccc(Cl)c2)C1=O. The zero-order valence-electron chi connectivity index (χ0n) is 13.5. The number of nitrogens with zero attached hydrogens (tertiary/aromatic N) is 1. The Balaban J connectivity index is 1.74. The van der Waals surface area contributed by atoms with E-state index in [1.807, 2.05) is 6.07 Å². The highest BCUT2D eigenvalue weighted by molar-refractivity contribution is 6.30. The monoisotopic (exact) mass is 357 g/mol. The molecule has 1 saturated heterocycles. The Labute approximate surface area is 149 Å². The number of benzene rings is 2. The molecule has 1 atom stereocenters. The summed E-state index contributed by atoms with van der Waals surface area (Å²) in [6.45, 7) is 1.25. The van der Waals surface area contributed by atoms with Crippen LogP contribution in [0, 0.1) is 0 Å². The van der Waals surface area contributed by atoms with Gasteiger partial charge >= 0.3 is 6.03 Å². The largest absolute Gasteiger partial charge is 0.325 e. The smallest absolute Gasteiger partial charge is 0.324 e. The Kier molecular flexibility index (Phi) is 4.46. The number of urea groups is 1. The average molecular weight is 358 g/mol. The Hall–Kier alpha value is -2.86. The minimum atomic E-state index is -1.19. The maximum absolute atomic E-state index is 12.7. The third-order valence-corrected chi connectivity index (χ3v) is 4.27. The summed E-state index contributed by atoms with van der Waals surface area (Å²) in [5, 5.41) is 5.76. The summed E-state index contributed by atoms with van der Waals surface area (Å²) in [7, 11) is 0. The van der Waals surface area contributed by atoms with Crippen LogP contribution in [-0.4, -0.2) is 29.3 Å². The first kappa shape index (κ1) is 17.0. The molecule has 2 aromatic rings. The van der Waals surface area contributed by atoms with Gasteiger partial charge in [-0.15, -0.1) is 0 Å². The predicted octanol–water partition coefficient (Wildman–Crippen LogP) is 2.75. The van der Waals surface area contributed by atoms with E-state index in [1.54, 1.807) is 55.5 Å². The van der Waals surface area contributed by atoms with Gasteiger partial charge in [-0.2, -0.15) is 0 Å². The average Bonchev–Trinajstić information content (AvgIpc) is 2.80. The number of nitrogens with one attached hydrogen (secondary N) is 2. The van der Waals surface area contributed by atoms with Crippen LogP contribution >= 0.6 is 11.6 Å². The van der Waals surface area contributed by atoms with Gasteiger partial charge in [-0.05, 0) is 30.7 Å². The van der Waals surface area contributed by atoms with Crippen molar-refractivity contribution in [3.8, 4) is 0 Å². The minimum Gasteiger partial charge on any atom is -0.324 e. The third kappa shape index (κ3) is 3.34. The highest BCUT2D eigenvalue weighted by atomic mass is 35.5. The van der Waals surface area contributed by atoms with Crippen LogP contribution in [0.2, 0.25) is 5.02 Å². The van der Waals surface area contributed by atoms with Crippen molar-refractivity contribution in [1.82, 2.24) is 10.2 Å². The predicted molar refractivity (Wildman–Crippen MR) is 94.1 cm³/mol. The number of imide groups is 1. The molecule has 1 fully saturated rings. The van der Waals surface area contributed by atoms with Gasteiger partial charge in [0.2, 0.25) is 5.91 Å². The summed E-state index contributed by atoms with van der Waals surface area (Å²) in [5.41, 5.74) is -0.0317. The fourth-order valence-corrected chi connectivity index (χ4v) is 2.91. The van der Waals surface area contributed by atoms with E-state index in [-0.39, 0.29) is 6.54 Å². The molecule has 2 N–H and O–H groups in total. The number of rotatable bonds is 4. The molecule has 4 amide bonds. The molecule has 0 spiro atoms. The van der Waals surface area contributed by atoms with Gasteiger partial charge in [-0.1, -0.05) is 48.0 Å². The highest BCUT2D eigenvalue weighted by Gasteiger charge is 2.49. The number of hydrogen-bond acceptors (Lipinski definition) is 3. The topological polar surface area (TPSA) is 78.5 Å². The molecule has 0 bridgehead atoms. The van der Waals surface area contributed by atoms with E-state index < -0.39 is 23.4 Å². The lowest BCUT2D eigenvalue weighted by Crippen LogP contribution is -2.42. The molecule has 1 aliphatic heterocycles. The molecule has 0 aromatic heterocycles. The summed E-state index contributed by atoms with van der Waals surface area (Å²) >= 11 is 5.87. The van der Waals surface area contributed by atoms with Crippen LogP contribution in [0.15, 0.2) is 54.6 Å². The molecule has 1 heterocycles. The van der Waals surface area contributed by atoms with Crippen molar-refractivity contribution in [1.29, 1.82) is 0 Å². The maximum atomic E-state index is 12.7. The molecule has 6 nitrogen and oxygen atoms in total. The van der Waals surface area contributed by atoms with Gasteiger partial charge in [-0.3, -0.25) is 14.5 Å². The zero-order valence-corrected chi connectivity index (χ0v) is 14.2. The van der Waals surface area contributed by atoms with Gasteiger partial charge in [0.25, 0.3) is 5.91 Å². The Morgan fingerprint density at radius 3 is 2.56 bits per heavy atom. The summed E-state index contributed by atoms with van der Waals surface area (Å²) in [6.07, 6.45) is 0. The van der Waals surface area contributed by atoms with Crippen molar-refractivity contribution in [2.24, 2.45) is 0 Å². The van der Waals surface area contributed by atoms with Gasteiger partial charge in [0.05, 0.1) is 0 Å². The molecule has 0 saturated carbocycles. The van der Waals surface area contributed by atoms with Crippen LogP contribution in [0.3, 0.4) is 0 Å². The number of carbonyl (C=O) groups is 3. The molecule has 128 valence electrons. The second kappa shape index (κ2) is 6.57. The van der Waals surface area contributed by atoms with Gasteiger partial charge in [0, 0.05) is 10.7 Å². The lowest BCUT2D eigenvalue weighted by atomic mass is 9.92. The van der Waals surface area contributed by atoms with Crippen molar-refractivity contribution in [3.63, 3.8) is 0 Å². The zero-order chi connectivity index (χ0) is 18.0. The fourth-order valence-electron chi connectivity index (χ4n) is 2.72. The minimum absolute atomic E-state index is 0.375. The van der Waals surface area contributed by atoms with Gasteiger partial charge in [0.1, 0.15) is 12.1 Å². The van der Waals surface area contributed by atoms with E-state index in [0.29, 0.717) is 16.3 Å². The van der Waals surface area contributed by atoms with Crippen molar-refractivity contribution in [3.05, 3.63) is 65.2 Å². The van der Waals surface area contributed by atoms with Crippen LogP contribution in [0.5, 0.6) is 0 Å². The number of hydrogen-bond donors (Lipinski definition) is 2. The van der Waals surface area contributed by atoms with Gasteiger partial charge < -0.3 is 10.6 Å². The first-order chi connectivity index (χ1) is 11.9. The molecule has 2 aromatic carbocycles. The highest BCUT2D eigenvalue weighted by Crippen LogP contribution is 2.28. The van der Waals surface area contributed by atoms with Crippen LogP contribution in [0.4, 0.5) is 10.5 Å². The first-order valence-corrected chi connectivity index (χ1v) is 8.03. The molecule has 0 aliphatic carbocycles. The lowest BCUT2D eigenvalue weighted by molar-refractivity contribution is -0.133. The first-order valence-electron chi connectivity index (χ1n) is 7.65. The summed E-state index contributed by atoms with van der Waals surface area (Å²) in [5.74, 6) is -0.951. The maximum Gasteiger partial charge on any atom is 0.325 e. The fraction of sp³-hybridized carbons (Fsp3) is 0.167. The van der Waals surface area contributed by atoms with Gasteiger partial charge in [-0.25, -0.2) is 4.79 Å². The lowest BCUT2D eigenvalue weighted by Gasteiger charge is -2.22. The Morgan fingerprint density at radius 1 is 1.16 bits per heavy atom. The van der Waals surface area contributed by atoms with E-state index in [4.69, 9.17) is 11.6 Å². The van der Waals surface area contributed by atoms with Crippen LogP contribution in [-0.2, 0) is 15.1 Å². The Morgan fingerprint density at radius 2 is 1.88 bits per heavy atom. The number of halogens is 1. The number of anilines is 1. The van der Waals surface area contributed by atoms with E-state index >= 15 is 0 Å². The molecular weight excluding hydrogens is 342 g/mol. The normalized spacial score (nSPS) is 19.7. The van der Waals surface area contributed by atoms with Crippen molar-refractivity contribution in [2.75, 3.05) is 11.9 Å². The standard InChI is InChI=1S/C18H16ClN3O3/c1-18(12-6-3-2-4-7-12)16(24)22(17(25)21-18)11-15(23)20-14-9-5-8-13(19)10-14/h2-10H,11H2,1H3,(H,20,23)(H,21,25)/t18-/m1/s1. The van der Waals surface area contributed by atoms with Crippen molar-refractivity contribution >= 4 is 35.1 Å². The summed E-state index contributed by atoms with van der Waals surface area (Å²) in [4.78, 5) is 38.0. The molecule has 0 radical (unpaired) electrons. The molecule has 0 unspecified atom stereocenters. The second-order valence-electron chi connectivity index (χ2n) is 5.87. The molecule has 1 aliphatic rings. The number of carbonyl (C=O) groups excluding carboxylic acids is 3. The van der Waals surface area contributed by atoms with Crippen LogP contribution in [0.25, 0.3) is 0 Å². The van der Waals surface area contributed by atoms with E-state index in [1.165, 1.54) is 0 Å². The summed E-state index contributed by atoms with van der Waals surface area (Å²) < 4.78 is 0. The quantitative estimate of drug-likeness (QED) is 0.826. The van der Waals surface area contributed by atoms with Gasteiger partial charge in [0.15, 0.2) is 0 Å². The van der Waals surface area contributed by atoms with Crippen LogP contribution in [0.1, 0.15) is 12.5 Å². The van der Waals surface area contributed by atoms with Crippen molar-refractivity contribution < 1.29 is 14.4 Å². The van der Waals surface area contributed by atoms with Crippen LogP contribution < -0.4 is 10.6 Å². The molecule has 7 heteroatoms. The second-order valence-corrected chi connectivity index (χ2v) is 6.31. The molecule has 3 rings (SSSR count). The van der Waals surface area contributed by atoms with E-state index in [9.17, 15) is 14.4 Å². The number of amides is 4. The van der Waals surface area contributed by atoms with E-state index in [2.05, 4.69) is 10.6 Å². The third-order valence-electron chi connectivity index (χ3n) is 4.04.